The van der Waals surface area contributed by atoms with Crippen molar-refractivity contribution in [1.82, 2.24) is 0 Å². The van der Waals surface area contributed by atoms with Crippen molar-refractivity contribution in [3.05, 3.63) is 48.0 Å². The second-order valence-electron chi connectivity index (χ2n) is 7.17. The van der Waals surface area contributed by atoms with Gasteiger partial charge in [-0.25, -0.2) is 4.99 Å². The first-order valence-corrected chi connectivity index (χ1v) is 10.5. The molecule has 3 rings (SSSR count). The van der Waals surface area contributed by atoms with Crippen LogP contribution in [0.1, 0.15) is 38.7 Å². The summed E-state index contributed by atoms with van der Waals surface area (Å²) in [6.45, 7) is 5.36. The van der Waals surface area contributed by atoms with E-state index in [9.17, 15) is 4.79 Å². The van der Waals surface area contributed by atoms with E-state index in [1.165, 1.54) is 0 Å². The fourth-order valence-corrected chi connectivity index (χ4v) is 3.16. The molecule has 7 nitrogen and oxygen atoms in total. The van der Waals surface area contributed by atoms with Crippen LogP contribution in [-0.4, -0.2) is 25.1 Å². The van der Waals surface area contributed by atoms with Gasteiger partial charge in [0.1, 0.15) is 11.5 Å². The Morgan fingerprint density at radius 2 is 1.87 bits per heavy atom. The molecule has 1 aliphatic rings. The summed E-state index contributed by atoms with van der Waals surface area (Å²) in [4.78, 5) is 16.6. The molecule has 2 aromatic rings. The number of rotatable bonds is 9. The van der Waals surface area contributed by atoms with Crippen molar-refractivity contribution in [3.8, 4) is 11.5 Å². The lowest BCUT2D eigenvalue weighted by atomic mass is 9.85. The van der Waals surface area contributed by atoms with E-state index in [0.717, 1.165) is 36.3 Å². The van der Waals surface area contributed by atoms with Gasteiger partial charge < -0.3 is 25.8 Å². The van der Waals surface area contributed by atoms with Crippen molar-refractivity contribution in [2.24, 2.45) is 16.6 Å². The predicted molar refractivity (Wildman–Crippen MR) is 136 cm³/mol. The average molecular weight is 538 g/mol. The Hall–Kier alpha value is -2.49. The van der Waals surface area contributed by atoms with Crippen LogP contribution < -0.4 is 25.8 Å². The number of hydrogen-bond donors (Lipinski definition) is 3. The highest BCUT2D eigenvalue weighted by Gasteiger charge is 2.25. The van der Waals surface area contributed by atoms with Crippen LogP contribution in [0.5, 0.6) is 11.5 Å². The van der Waals surface area contributed by atoms with Gasteiger partial charge in [-0.1, -0.05) is 18.6 Å². The summed E-state index contributed by atoms with van der Waals surface area (Å²) in [5.74, 6) is 1.93. The van der Waals surface area contributed by atoms with Crippen molar-refractivity contribution in [1.29, 1.82) is 0 Å². The molecule has 8 heteroatoms. The lowest BCUT2D eigenvalue weighted by Gasteiger charge is -2.24. The van der Waals surface area contributed by atoms with Crippen LogP contribution in [0.15, 0.2) is 47.5 Å². The summed E-state index contributed by atoms with van der Waals surface area (Å²) in [6.07, 6.45) is 3.09. The van der Waals surface area contributed by atoms with Crippen LogP contribution in [0, 0.1) is 5.92 Å². The van der Waals surface area contributed by atoms with Gasteiger partial charge in [-0.15, -0.1) is 24.0 Å². The van der Waals surface area contributed by atoms with Gasteiger partial charge in [0.2, 0.25) is 5.91 Å². The van der Waals surface area contributed by atoms with Crippen molar-refractivity contribution in [2.45, 2.75) is 39.7 Å². The monoisotopic (exact) mass is 538 g/mol. The standard InChI is InChI=1S/C23H30N4O3.HI/c1-3-29-19-11-12-21(30-4-2)20(14-19)27-23(24)25-15-16-7-5-10-18(13-16)26-22(28)17-8-6-9-17;/h5,7,10-14,17H,3-4,6,8-9,15H2,1-2H3,(H,26,28)(H3,24,25,27);1H. The van der Waals surface area contributed by atoms with Crippen molar-refractivity contribution in [2.75, 3.05) is 23.8 Å². The topological polar surface area (TPSA) is 98.0 Å². The molecule has 0 unspecified atom stereocenters. The minimum absolute atomic E-state index is 0. The van der Waals surface area contributed by atoms with Crippen LogP contribution >= 0.6 is 24.0 Å². The molecule has 1 saturated carbocycles. The van der Waals surface area contributed by atoms with Crippen molar-refractivity contribution in [3.63, 3.8) is 0 Å². The number of hydrogen-bond acceptors (Lipinski definition) is 4. The summed E-state index contributed by atoms with van der Waals surface area (Å²) in [6, 6.07) is 13.2. The van der Waals surface area contributed by atoms with Crippen molar-refractivity contribution < 1.29 is 14.3 Å². The Bertz CT molecular complexity index is 900. The van der Waals surface area contributed by atoms with Crippen LogP contribution in [0.4, 0.5) is 11.4 Å². The molecule has 0 spiro atoms. The summed E-state index contributed by atoms with van der Waals surface area (Å²) < 4.78 is 11.2. The maximum atomic E-state index is 12.1. The highest BCUT2D eigenvalue weighted by atomic mass is 127. The molecule has 31 heavy (non-hydrogen) atoms. The summed E-state index contributed by atoms with van der Waals surface area (Å²) in [5.41, 5.74) is 8.54. The van der Waals surface area contributed by atoms with E-state index < -0.39 is 0 Å². The molecule has 1 amide bonds. The number of carbonyl (C=O) groups is 1. The van der Waals surface area contributed by atoms with Gasteiger partial charge in [-0.05, 0) is 56.5 Å². The Labute approximate surface area is 200 Å². The van der Waals surface area contributed by atoms with Gasteiger partial charge in [-0.2, -0.15) is 0 Å². The predicted octanol–water partition coefficient (Wildman–Crippen LogP) is 4.77. The first kappa shape index (κ1) is 24.8. The molecule has 0 bridgehead atoms. The Morgan fingerprint density at radius 1 is 1.10 bits per heavy atom. The van der Waals surface area contributed by atoms with Gasteiger partial charge in [0.25, 0.3) is 0 Å². The van der Waals surface area contributed by atoms with Crippen LogP contribution in [0.3, 0.4) is 0 Å². The van der Waals surface area contributed by atoms with Gasteiger partial charge in [0.15, 0.2) is 5.96 Å². The summed E-state index contributed by atoms with van der Waals surface area (Å²) >= 11 is 0. The maximum Gasteiger partial charge on any atom is 0.227 e. The number of nitrogens with one attached hydrogen (secondary N) is 2. The number of nitrogens with zero attached hydrogens (tertiary/aromatic N) is 1. The number of carbonyl (C=O) groups excluding carboxylic acids is 1. The molecule has 0 atom stereocenters. The fraction of sp³-hybridized carbons (Fsp3) is 0.391. The van der Waals surface area contributed by atoms with E-state index in [0.29, 0.717) is 31.2 Å². The van der Waals surface area contributed by atoms with E-state index >= 15 is 0 Å². The number of aliphatic imine (C=N–C) groups is 1. The third-order valence-electron chi connectivity index (χ3n) is 4.93. The van der Waals surface area contributed by atoms with Crippen LogP contribution in [0.2, 0.25) is 0 Å². The maximum absolute atomic E-state index is 12.1. The van der Waals surface area contributed by atoms with E-state index in [1.807, 2.05) is 56.3 Å². The molecule has 0 radical (unpaired) electrons. The number of benzene rings is 2. The largest absolute Gasteiger partial charge is 0.494 e. The molecule has 0 aromatic heterocycles. The SMILES string of the molecule is CCOc1ccc(OCC)c(NC(N)=NCc2cccc(NC(=O)C3CCC3)c2)c1.I. The molecule has 1 aliphatic carbocycles. The number of guanidine groups is 1. The normalized spacial score (nSPS) is 13.5. The molecule has 4 N–H and O–H groups in total. The molecular weight excluding hydrogens is 507 g/mol. The minimum Gasteiger partial charge on any atom is -0.494 e. The average Bonchev–Trinajstić information content (AvgIpc) is 2.68. The van der Waals surface area contributed by atoms with E-state index in [2.05, 4.69) is 15.6 Å². The Kier molecular flexibility index (Phi) is 9.90. The second kappa shape index (κ2) is 12.4. The third kappa shape index (κ3) is 7.30. The van der Waals surface area contributed by atoms with E-state index in [4.69, 9.17) is 15.2 Å². The van der Waals surface area contributed by atoms with E-state index in [1.54, 1.807) is 0 Å². The van der Waals surface area contributed by atoms with Gasteiger partial charge in [0.05, 0.1) is 25.4 Å². The minimum atomic E-state index is 0. The molecule has 0 saturated heterocycles. The molecule has 0 heterocycles. The lowest BCUT2D eigenvalue weighted by molar-refractivity contribution is -0.122. The Morgan fingerprint density at radius 3 is 2.55 bits per heavy atom. The zero-order valence-electron chi connectivity index (χ0n) is 18.0. The van der Waals surface area contributed by atoms with Gasteiger partial charge in [-0.3, -0.25) is 4.79 Å². The number of anilines is 2. The fourth-order valence-electron chi connectivity index (χ4n) is 3.16. The summed E-state index contributed by atoms with van der Waals surface area (Å²) in [5, 5.41) is 6.08. The molecule has 168 valence electrons. The molecule has 2 aromatic carbocycles. The van der Waals surface area contributed by atoms with Crippen LogP contribution in [0.25, 0.3) is 0 Å². The number of ether oxygens (including phenoxy) is 2. The second-order valence-corrected chi connectivity index (χ2v) is 7.17. The van der Waals surface area contributed by atoms with Crippen LogP contribution in [-0.2, 0) is 11.3 Å². The van der Waals surface area contributed by atoms with E-state index in [-0.39, 0.29) is 41.8 Å². The number of nitrogens with two attached hydrogens (primary N) is 1. The molecule has 0 aliphatic heterocycles. The van der Waals surface area contributed by atoms with Gasteiger partial charge >= 0.3 is 0 Å². The van der Waals surface area contributed by atoms with Crippen molar-refractivity contribution >= 4 is 47.2 Å². The lowest BCUT2D eigenvalue weighted by Crippen LogP contribution is -2.28. The smallest absolute Gasteiger partial charge is 0.227 e. The Balaban J connectivity index is 0.00000341. The number of halogens is 1. The highest BCUT2D eigenvalue weighted by molar-refractivity contribution is 14.0. The third-order valence-corrected chi connectivity index (χ3v) is 4.93. The first-order valence-electron chi connectivity index (χ1n) is 10.5. The highest BCUT2D eigenvalue weighted by Crippen LogP contribution is 2.29. The van der Waals surface area contributed by atoms with Gasteiger partial charge in [0, 0.05) is 17.7 Å². The number of amides is 1. The zero-order valence-corrected chi connectivity index (χ0v) is 20.3. The first-order chi connectivity index (χ1) is 14.6. The quantitative estimate of drug-likeness (QED) is 0.243. The zero-order chi connectivity index (χ0) is 21.3. The molecule has 1 fully saturated rings. The summed E-state index contributed by atoms with van der Waals surface area (Å²) in [7, 11) is 0. The molecular formula is C23H31IN4O3.